The fourth-order valence-corrected chi connectivity index (χ4v) is 4.14. The van der Waals surface area contributed by atoms with Gasteiger partial charge in [0.25, 0.3) is 0 Å². The molecule has 5 heteroatoms. The molecule has 0 aliphatic carbocycles. The second kappa shape index (κ2) is 5.37. The van der Waals surface area contributed by atoms with Crippen molar-refractivity contribution in [3.05, 3.63) is 40.9 Å². The molecule has 2 aromatic rings. The smallest absolute Gasteiger partial charge is 0.233 e. The van der Waals surface area contributed by atoms with Crippen LogP contribution in [0.4, 0.5) is 5.69 Å². The van der Waals surface area contributed by atoms with E-state index in [0.29, 0.717) is 5.69 Å². The summed E-state index contributed by atoms with van der Waals surface area (Å²) in [5.74, 6) is 0.0956. The van der Waals surface area contributed by atoms with Gasteiger partial charge in [-0.05, 0) is 40.5 Å². The maximum Gasteiger partial charge on any atom is 0.233 e. The largest absolute Gasteiger partial charge is 0.284 e. The Morgan fingerprint density at radius 1 is 1.05 bits per heavy atom. The van der Waals surface area contributed by atoms with Crippen LogP contribution in [0.5, 0.6) is 0 Å². The highest BCUT2D eigenvalue weighted by Crippen LogP contribution is 2.24. The number of fused-ring (bicyclic) bond motifs is 1. The maximum absolute atomic E-state index is 12.1. The molecule has 0 fully saturated rings. The highest BCUT2D eigenvalue weighted by molar-refractivity contribution is 9.10. The summed E-state index contributed by atoms with van der Waals surface area (Å²) in [5.41, 5.74) is 0.331. The van der Waals surface area contributed by atoms with Crippen molar-refractivity contribution < 1.29 is 8.42 Å². The molecule has 0 aliphatic heterocycles. The Balaban J connectivity index is 2.28. The third-order valence-electron chi connectivity index (χ3n) is 2.70. The summed E-state index contributed by atoms with van der Waals surface area (Å²) in [7, 11) is -3.33. The minimum Gasteiger partial charge on any atom is -0.284 e. The van der Waals surface area contributed by atoms with Gasteiger partial charge in [-0.2, -0.15) is 0 Å². The number of hydrogen-bond donors (Lipinski definition) is 1. The molecule has 0 saturated heterocycles. The van der Waals surface area contributed by atoms with Gasteiger partial charge in [-0.15, -0.1) is 0 Å². The van der Waals surface area contributed by atoms with Crippen LogP contribution in [0.2, 0.25) is 0 Å². The molecule has 0 aromatic heterocycles. The maximum atomic E-state index is 12.1. The number of hydrogen-bond acceptors (Lipinski definition) is 2. The van der Waals surface area contributed by atoms with E-state index in [-0.39, 0.29) is 11.2 Å². The molecule has 0 amide bonds. The molecular weight excluding hydrogens is 338 g/mol. The summed E-state index contributed by atoms with van der Waals surface area (Å²) in [6.07, 6.45) is 0. The third-order valence-corrected chi connectivity index (χ3v) is 4.98. The Kier molecular flexibility index (Phi) is 4.12. The van der Waals surface area contributed by atoms with Gasteiger partial charge >= 0.3 is 0 Å². The molecule has 108 valence electrons. The van der Waals surface area contributed by atoms with Gasteiger partial charge in [0.2, 0.25) is 10.0 Å². The van der Waals surface area contributed by atoms with E-state index in [1.54, 1.807) is 6.07 Å². The molecule has 0 aliphatic rings. The minimum absolute atomic E-state index is 0.0956. The van der Waals surface area contributed by atoms with E-state index < -0.39 is 10.0 Å². The van der Waals surface area contributed by atoms with E-state index in [9.17, 15) is 8.42 Å². The second-order valence-corrected chi connectivity index (χ2v) is 8.77. The lowest BCUT2D eigenvalue weighted by atomic mass is 10.0. The van der Waals surface area contributed by atoms with E-state index in [0.717, 1.165) is 15.2 Å². The van der Waals surface area contributed by atoms with E-state index in [2.05, 4.69) is 20.7 Å². The molecule has 20 heavy (non-hydrogen) atoms. The van der Waals surface area contributed by atoms with Crippen LogP contribution < -0.4 is 4.72 Å². The van der Waals surface area contributed by atoms with Crippen molar-refractivity contribution in [1.29, 1.82) is 0 Å². The highest BCUT2D eigenvalue weighted by Gasteiger charge is 2.21. The zero-order valence-electron chi connectivity index (χ0n) is 11.8. The van der Waals surface area contributed by atoms with Crippen molar-refractivity contribution in [3.63, 3.8) is 0 Å². The normalized spacial score (nSPS) is 12.6. The van der Waals surface area contributed by atoms with Crippen LogP contribution in [-0.2, 0) is 10.0 Å². The predicted molar refractivity (Wildman–Crippen MR) is 88.5 cm³/mol. The molecular formula is C15H18BrNO2S. The first-order valence-corrected chi connectivity index (χ1v) is 8.79. The van der Waals surface area contributed by atoms with Crippen molar-refractivity contribution >= 4 is 42.4 Å². The number of benzene rings is 2. The molecule has 2 rings (SSSR count). The Labute approximate surface area is 128 Å². The van der Waals surface area contributed by atoms with Crippen LogP contribution in [0.25, 0.3) is 10.8 Å². The molecule has 0 unspecified atom stereocenters. The topological polar surface area (TPSA) is 46.2 Å². The number of anilines is 1. The van der Waals surface area contributed by atoms with Gasteiger partial charge in [0.1, 0.15) is 0 Å². The van der Waals surface area contributed by atoms with Crippen LogP contribution in [0.15, 0.2) is 40.9 Å². The van der Waals surface area contributed by atoms with Gasteiger partial charge in [0.05, 0.1) is 5.75 Å². The molecule has 0 atom stereocenters. The summed E-state index contributed by atoms with van der Waals surface area (Å²) >= 11 is 3.42. The Morgan fingerprint density at radius 2 is 1.65 bits per heavy atom. The summed E-state index contributed by atoms with van der Waals surface area (Å²) in [5, 5.41) is 2.07. The summed E-state index contributed by atoms with van der Waals surface area (Å²) < 4.78 is 27.8. The standard InChI is InChI=1S/C15H18BrNO2S/c1-15(2,3)10-20(18,19)17-14-7-5-11-8-13(16)6-4-12(11)9-14/h4-9,17H,10H2,1-3H3. The van der Waals surface area contributed by atoms with Gasteiger partial charge in [0.15, 0.2) is 0 Å². The monoisotopic (exact) mass is 355 g/mol. The van der Waals surface area contributed by atoms with Gasteiger partial charge in [-0.1, -0.05) is 48.8 Å². The van der Waals surface area contributed by atoms with Gasteiger partial charge in [-0.25, -0.2) is 8.42 Å². The molecule has 0 spiro atoms. The molecule has 0 saturated carbocycles. The fourth-order valence-electron chi connectivity index (χ4n) is 2.07. The number of rotatable bonds is 3. The fraction of sp³-hybridized carbons (Fsp3) is 0.333. The van der Waals surface area contributed by atoms with E-state index in [1.807, 2.05) is 51.1 Å². The number of sulfonamides is 1. The molecule has 0 heterocycles. The zero-order valence-corrected chi connectivity index (χ0v) is 14.2. The number of nitrogens with one attached hydrogen (secondary N) is 1. The van der Waals surface area contributed by atoms with Crippen molar-refractivity contribution in [2.24, 2.45) is 5.41 Å². The van der Waals surface area contributed by atoms with Gasteiger partial charge in [-0.3, -0.25) is 4.72 Å². The first kappa shape index (κ1) is 15.3. The molecule has 0 bridgehead atoms. The zero-order chi connectivity index (χ0) is 15.0. The van der Waals surface area contributed by atoms with Crippen LogP contribution in [0.1, 0.15) is 20.8 Å². The molecule has 1 N–H and O–H groups in total. The van der Waals surface area contributed by atoms with Gasteiger partial charge in [0, 0.05) is 10.2 Å². The van der Waals surface area contributed by atoms with E-state index >= 15 is 0 Å². The Hall–Kier alpha value is -1.07. The Bertz CT molecular complexity index is 733. The molecule has 2 aromatic carbocycles. The third kappa shape index (κ3) is 4.21. The summed E-state index contributed by atoms with van der Waals surface area (Å²) in [6, 6.07) is 11.4. The lowest BCUT2D eigenvalue weighted by Gasteiger charge is -2.19. The molecule has 0 radical (unpaired) electrons. The van der Waals surface area contributed by atoms with Crippen LogP contribution in [-0.4, -0.2) is 14.2 Å². The first-order valence-electron chi connectivity index (χ1n) is 6.34. The second-order valence-electron chi connectivity index (χ2n) is 6.13. The molecule has 3 nitrogen and oxygen atoms in total. The SMILES string of the molecule is CC(C)(C)CS(=O)(=O)Nc1ccc2cc(Br)ccc2c1. The van der Waals surface area contributed by atoms with E-state index in [4.69, 9.17) is 0 Å². The van der Waals surface area contributed by atoms with Gasteiger partial charge < -0.3 is 0 Å². The van der Waals surface area contributed by atoms with Crippen molar-refractivity contribution in [1.82, 2.24) is 0 Å². The highest BCUT2D eigenvalue weighted by atomic mass is 79.9. The first-order chi connectivity index (χ1) is 9.15. The predicted octanol–water partition coefficient (Wildman–Crippen LogP) is 4.39. The van der Waals surface area contributed by atoms with Crippen LogP contribution >= 0.6 is 15.9 Å². The lowest BCUT2D eigenvalue weighted by Crippen LogP contribution is -2.26. The Morgan fingerprint density at radius 3 is 2.30 bits per heavy atom. The summed E-state index contributed by atoms with van der Waals surface area (Å²) in [4.78, 5) is 0. The number of halogens is 1. The van der Waals surface area contributed by atoms with Crippen molar-refractivity contribution in [3.8, 4) is 0 Å². The van der Waals surface area contributed by atoms with Crippen LogP contribution in [0.3, 0.4) is 0 Å². The summed E-state index contributed by atoms with van der Waals surface area (Å²) in [6.45, 7) is 5.72. The van der Waals surface area contributed by atoms with E-state index in [1.165, 1.54) is 0 Å². The minimum atomic E-state index is -3.33. The van der Waals surface area contributed by atoms with Crippen molar-refractivity contribution in [2.45, 2.75) is 20.8 Å². The van der Waals surface area contributed by atoms with Crippen LogP contribution in [0, 0.1) is 5.41 Å². The lowest BCUT2D eigenvalue weighted by molar-refractivity contribution is 0.463. The van der Waals surface area contributed by atoms with Crippen molar-refractivity contribution in [2.75, 3.05) is 10.5 Å². The average molecular weight is 356 g/mol. The average Bonchev–Trinajstić information content (AvgIpc) is 2.25. The quantitative estimate of drug-likeness (QED) is 0.887.